The van der Waals surface area contributed by atoms with Gasteiger partial charge in [0, 0.05) is 0 Å². The largest absolute Gasteiger partial charge is 0.466 e. The zero-order valence-electron chi connectivity index (χ0n) is 8.12. The number of esters is 1. The Kier molecular flexibility index (Phi) is 5.07. The number of hydrogen-bond acceptors (Lipinski definition) is 3. The maximum absolute atomic E-state index is 11.0. The summed E-state index contributed by atoms with van der Waals surface area (Å²) in [6.45, 7) is 7.26. The minimum absolute atomic E-state index is 0.0886. The van der Waals surface area contributed by atoms with E-state index in [0.29, 0.717) is 6.61 Å². The predicted octanol–water partition coefficient (Wildman–Crippen LogP) is 1.43. The smallest absolute Gasteiger partial charge is 0.309 e. The van der Waals surface area contributed by atoms with E-state index >= 15 is 0 Å². The fraction of sp³-hybridized carbons (Fsp3) is 0.500. The lowest BCUT2D eigenvalue weighted by Crippen LogP contribution is -2.27. The van der Waals surface area contributed by atoms with Gasteiger partial charge >= 0.3 is 5.97 Å². The molecule has 1 unspecified atom stereocenters. The Labute approximate surface area is 78.7 Å². The first kappa shape index (κ1) is 11.9. The zero-order chi connectivity index (χ0) is 10.3. The molecule has 0 amide bonds. The molecule has 0 aliphatic rings. The Hall–Kier alpha value is -1.09. The fourth-order valence-corrected chi connectivity index (χ4v) is 0.931. The van der Waals surface area contributed by atoms with Gasteiger partial charge in [-0.2, -0.15) is 0 Å². The number of hydrogen-bond donors (Lipinski definition) is 1. The Bertz CT molecular complexity index is 208. The van der Waals surface area contributed by atoms with E-state index in [1.807, 2.05) is 0 Å². The van der Waals surface area contributed by atoms with Crippen LogP contribution in [-0.4, -0.2) is 23.3 Å². The number of ether oxygens (including phenoxy) is 1. The quantitative estimate of drug-likeness (QED) is 0.519. The lowest BCUT2D eigenvalue weighted by Gasteiger charge is -2.18. The number of aliphatic hydroxyl groups is 1. The molecule has 0 aromatic rings. The first-order valence-electron chi connectivity index (χ1n) is 4.23. The Morgan fingerprint density at radius 3 is 2.69 bits per heavy atom. The van der Waals surface area contributed by atoms with E-state index in [2.05, 4.69) is 6.58 Å². The van der Waals surface area contributed by atoms with Crippen molar-refractivity contribution in [3.63, 3.8) is 0 Å². The van der Waals surface area contributed by atoms with E-state index in [1.165, 1.54) is 12.2 Å². The Morgan fingerprint density at radius 1 is 1.69 bits per heavy atom. The van der Waals surface area contributed by atoms with Crippen molar-refractivity contribution in [1.29, 1.82) is 0 Å². The lowest BCUT2D eigenvalue weighted by atomic mass is 10.00. The molecule has 0 aliphatic carbocycles. The van der Waals surface area contributed by atoms with Crippen molar-refractivity contribution in [2.24, 2.45) is 0 Å². The Morgan fingerprint density at radius 2 is 2.31 bits per heavy atom. The average Bonchev–Trinajstić information content (AvgIpc) is 2.05. The third kappa shape index (κ3) is 4.48. The summed E-state index contributed by atoms with van der Waals surface area (Å²) in [4.78, 5) is 11.0. The molecule has 1 atom stereocenters. The van der Waals surface area contributed by atoms with Crippen LogP contribution in [0.25, 0.3) is 0 Å². The number of allylic oxidation sites excluding steroid dienone is 1. The topological polar surface area (TPSA) is 46.5 Å². The second kappa shape index (κ2) is 5.54. The first-order valence-corrected chi connectivity index (χ1v) is 4.23. The summed E-state index contributed by atoms with van der Waals surface area (Å²) in [5.41, 5.74) is -1.28. The maximum Gasteiger partial charge on any atom is 0.309 e. The van der Waals surface area contributed by atoms with Crippen molar-refractivity contribution < 1.29 is 14.6 Å². The summed E-state index contributed by atoms with van der Waals surface area (Å²) in [6.07, 6.45) is 4.41. The number of carbonyl (C=O) groups is 1. The normalized spacial score (nSPS) is 15.3. The molecule has 0 radical (unpaired) electrons. The molecule has 0 heterocycles. The van der Waals surface area contributed by atoms with Gasteiger partial charge in [0.2, 0.25) is 0 Å². The molecule has 0 aromatic heterocycles. The Balaban J connectivity index is 4.26. The summed E-state index contributed by atoms with van der Waals surface area (Å²) in [7, 11) is 0. The van der Waals surface area contributed by atoms with Crippen LogP contribution in [0.5, 0.6) is 0 Å². The van der Waals surface area contributed by atoms with Gasteiger partial charge in [-0.15, -0.1) is 0 Å². The van der Waals surface area contributed by atoms with Crippen LogP contribution in [0.2, 0.25) is 0 Å². The van der Waals surface area contributed by atoms with Crippen molar-refractivity contribution in [1.82, 2.24) is 0 Å². The second-order valence-electron chi connectivity index (χ2n) is 2.68. The van der Waals surface area contributed by atoms with Gasteiger partial charge in [0.15, 0.2) is 0 Å². The molecule has 0 aliphatic heterocycles. The lowest BCUT2D eigenvalue weighted by molar-refractivity contribution is -0.146. The van der Waals surface area contributed by atoms with Gasteiger partial charge < -0.3 is 9.84 Å². The minimum Gasteiger partial charge on any atom is -0.466 e. The van der Waals surface area contributed by atoms with Crippen LogP contribution in [0.1, 0.15) is 20.3 Å². The van der Waals surface area contributed by atoms with Crippen LogP contribution in [0.4, 0.5) is 0 Å². The molecular formula is C10H16O3. The van der Waals surface area contributed by atoms with Crippen LogP contribution >= 0.6 is 0 Å². The van der Waals surface area contributed by atoms with Crippen molar-refractivity contribution in [3.05, 3.63) is 24.8 Å². The van der Waals surface area contributed by atoms with Crippen LogP contribution in [-0.2, 0) is 9.53 Å². The molecule has 13 heavy (non-hydrogen) atoms. The molecule has 74 valence electrons. The van der Waals surface area contributed by atoms with Gasteiger partial charge in [-0.05, 0) is 13.8 Å². The monoisotopic (exact) mass is 184 g/mol. The van der Waals surface area contributed by atoms with Crippen LogP contribution in [0, 0.1) is 0 Å². The van der Waals surface area contributed by atoms with Gasteiger partial charge in [-0.25, -0.2) is 0 Å². The highest BCUT2D eigenvalue weighted by Crippen LogP contribution is 2.14. The zero-order valence-corrected chi connectivity index (χ0v) is 8.12. The summed E-state index contributed by atoms with van der Waals surface area (Å²) in [5, 5.41) is 9.71. The first-order chi connectivity index (χ1) is 6.08. The van der Waals surface area contributed by atoms with Gasteiger partial charge in [0.25, 0.3) is 0 Å². The van der Waals surface area contributed by atoms with Gasteiger partial charge in [-0.1, -0.05) is 24.8 Å². The molecular weight excluding hydrogens is 168 g/mol. The van der Waals surface area contributed by atoms with E-state index in [-0.39, 0.29) is 6.42 Å². The molecule has 3 nitrogen and oxygen atoms in total. The summed E-state index contributed by atoms with van der Waals surface area (Å²) >= 11 is 0. The fourth-order valence-electron chi connectivity index (χ4n) is 0.931. The number of carbonyl (C=O) groups excluding carboxylic acids is 1. The molecule has 0 aromatic carbocycles. The van der Waals surface area contributed by atoms with E-state index in [0.717, 1.165) is 0 Å². The standard InChI is InChI=1S/C10H16O3/c1-4-7-10(12,5-2)8-9(11)13-6-3/h4-5,7,12H,2,6,8H2,1,3H3/b7-4+. The summed E-state index contributed by atoms with van der Waals surface area (Å²) in [6, 6.07) is 0. The average molecular weight is 184 g/mol. The highest BCUT2D eigenvalue weighted by molar-refractivity contribution is 5.71. The van der Waals surface area contributed by atoms with E-state index in [9.17, 15) is 9.90 Å². The minimum atomic E-state index is -1.28. The highest BCUT2D eigenvalue weighted by atomic mass is 16.5. The third-order valence-electron chi connectivity index (χ3n) is 1.54. The van der Waals surface area contributed by atoms with Crippen molar-refractivity contribution in [2.45, 2.75) is 25.9 Å². The maximum atomic E-state index is 11.0. The highest BCUT2D eigenvalue weighted by Gasteiger charge is 2.23. The molecule has 0 rings (SSSR count). The van der Waals surface area contributed by atoms with E-state index in [1.54, 1.807) is 19.9 Å². The van der Waals surface area contributed by atoms with Crippen molar-refractivity contribution in [2.75, 3.05) is 6.61 Å². The van der Waals surface area contributed by atoms with Crippen molar-refractivity contribution in [3.8, 4) is 0 Å². The third-order valence-corrected chi connectivity index (χ3v) is 1.54. The number of rotatable bonds is 5. The molecule has 0 saturated heterocycles. The second-order valence-corrected chi connectivity index (χ2v) is 2.68. The molecule has 0 fully saturated rings. The molecule has 0 spiro atoms. The van der Waals surface area contributed by atoms with Crippen LogP contribution < -0.4 is 0 Å². The molecule has 1 N–H and O–H groups in total. The van der Waals surface area contributed by atoms with Crippen molar-refractivity contribution >= 4 is 5.97 Å². The molecule has 0 bridgehead atoms. The SMILES string of the molecule is C=CC(O)(/C=C/C)CC(=O)OCC. The van der Waals surface area contributed by atoms with E-state index in [4.69, 9.17) is 4.74 Å². The van der Waals surface area contributed by atoms with Gasteiger partial charge in [-0.3, -0.25) is 4.79 Å². The van der Waals surface area contributed by atoms with E-state index < -0.39 is 11.6 Å². The molecule has 0 saturated carbocycles. The summed E-state index contributed by atoms with van der Waals surface area (Å²) in [5.74, 6) is -0.428. The van der Waals surface area contributed by atoms with Gasteiger partial charge in [0.1, 0.15) is 5.60 Å². The van der Waals surface area contributed by atoms with Gasteiger partial charge in [0.05, 0.1) is 13.0 Å². The van der Waals surface area contributed by atoms with Crippen LogP contribution in [0.3, 0.4) is 0 Å². The predicted molar refractivity (Wildman–Crippen MR) is 51.2 cm³/mol. The van der Waals surface area contributed by atoms with Crippen LogP contribution in [0.15, 0.2) is 24.8 Å². The molecule has 3 heteroatoms. The summed E-state index contributed by atoms with van der Waals surface area (Å²) < 4.78 is 4.71.